The molecule has 34 heavy (non-hydrogen) atoms. The van der Waals surface area contributed by atoms with Gasteiger partial charge in [0.1, 0.15) is 0 Å². The van der Waals surface area contributed by atoms with Gasteiger partial charge in [-0.15, -0.1) is 0 Å². The largest absolute Gasteiger partial charge is 0.481 e. The van der Waals surface area contributed by atoms with Gasteiger partial charge in [-0.05, 0) is 115 Å². The Hall–Kier alpha value is -0.610. The molecule has 0 radical (unpaired) electrons. The van der Waals surface area contributed by atoms with Gasteiger partial charge in [0, 0.05) is 0 Å². The van der Waals surface area contributed by atoms with E-state index in [-0.39, 0.29) is 39.1 Å². The fourth-order valence-electron chi connectivity index (χ4n) is 11.5. The number of fused-ring (bicyclic) bond motifs is 7. The van der Waals surface area contributed by atoms with Gasteiger partial charge in [0.15, 0.2) is 0 Å². The summed E-state index contributed by atoms with van der Waals surface area (Å²) in [6, 6.07) is 0. The molecular formula is C30H50O4. The summed E-state index contributed by atoms with van der Waals surface area (Å²) in [6.07, 6.45) is 8.52. The molecule has 194 valence electrons. The molecule has 5 saturated carbocycles. The Bertz CT molecular complexity index is 864. The number of rotatable bonds is 1. The van der Waals surface area contributed by atoms with Crippen LogP contribution in [0, 0.1) is 56.2 Å². The Kier molecular flexibility index (Phi) is 5.34. The lowest BCUT2D eigenvalue weighted by Crippen LogP contribution is -2.70. The van der Waals surface area contributed by atoms with E-state index in [0.717, 1.165) is 44.9 Å². The van der Waals surface area contributed by atoms with E-state index >= 15 is 0 Å². The zero-order valence-electron chi connectivity index (χ0n) is 22.8. The maximum absolute atomic E-state index is 12.8. The van der Waals surface area contributed by atoms with Gasteiger partial charge in [-0.3, -0.25) is 4.79 Å². The third kappa shape index (κ3) is 2.88. The minimum Gasteiger partial charge on any atom is -0.481 e. The van der Waals surface area contributed by atoms with E-state index < -0.39 is 17.5 Å². The van der Waals surface area contributed by atoms with Crippen LogP contribution in [0.15, 0.2) is 0 Å². The van der Waals surface area contributed by atoms with Crippen LogP contribution in [0.3, 0.4) is 0 Å². The molecule has 5 aliphatic rings. The quantitative estimate of drug-likeness (QED) is 0.418. The van der Waals surface area contributed by atoms with E-state index in [1.807, 2.05) is 0 Å². The molecule has 5 aliphatic carbocycles. The maximum Gasteiger partial charge on any atom is 0.312 e. The van der Waals surface area contributed by atoms with Crippen molar-refractivity contribution in [1.29, 1.82) is 0 Å². The molecule has 0 bridgehead atoms. The van der Waals surface area contributed by atoms with E-state index in [9.17, 15) is 20.1 Å². The zero-order chi connectivity index (χ0) is 25.1. The van der Waals surface area contributed by atoms with Gasteiger partial charge < -0.3 is 15.3 Å². The molecule has 5 rings (SSSR count). The van der Waals surface area contributed by atoms with Crippen molar-refractivity contribution in [3.63, 3.8) is 0 Å². The summed E-state index contributed by atoms with van der Waals surface area (Å²) in [5.74, 6) is 0.731. The SMILES string of the molecule is CC1(C)CC[C@]2(C(=O)O)[C@H](O)C[C@]3(C)C(CC[C@@H]4[C@@]5(C)CC[C@H](O)C(C)(C)[C@@H]5CC[C@]43C)[C@@H]2C1. The number of aliphatic hydroxyl groups is 2. The van der Waals surface area contributed by atoms with Crippen molar-refractivity contribution in [2.75, 3.05) is 0 Å². The monoisotopic (exact) mass is 474 g/mol. The first-order valence-electron chi connectivity index (χ1n) is 14.2. The Morgan fingerprint density at radius 3 is 2.00 bits per heavy atom. The first-order valence-corrected chi connectivity index (χ1v) is 14.2. The second kappa shape index (κ2) is 7.24. The molecule has 4 nitrogen and oxygen atoms in total. The van der Waals surface area contributed by atoms with Crippen LogP contribution in [0.1, 0.15) is 113 Å². The van der Waals surface area contributed by atoms with Crippen molar-refractivity contribution in [3.05, 3.63) is 0 Å². The molecule has 0 aromatic heterocycles. The normalized spacial score (nSPS) is 55.8. The van der Waals surface area contributed by atoms with Gasteiger partial charge >= 0.3 is 5.97 Å². The molecule has 0 aromatic rings. The first-order chi connectivity index (χ1) is 15.6. The van der Waals surface area contributed by atoms with Crippen molar-refractivity contribution in [2.24, 2.45) is 56.2 Å². The van der Waals surface area contributed by atoms with Gasteiger partial charge in [0.05, 0.1) is 17.6 Å². The van der Waals surface area contributed by atoms with Crippen LogP contribution < -0.4 is 0 Å². The maximum atomic E-state index is 12.8. The Balaban J connectivity index is 1.58. The van der Waals surface area contributed by atoms with Crippen LogP contribution >= 0.6 is 0 Å². The average molecular weight is 475 g/mol. The fraction of sp³-hybridized carbons (Fsp3) is 0.967. The highest BCUT2D eigenvalue weighted by Gasteiger charge is 2.73. The van der Waals surface area contributed by atoms with Crippen molar-refractivity contribution in [1.82, 2.24) is 0 Å². The molecule has 0 saturated heterocycles. The van der Waals surface area contributed by atoms with Crippen molar-refractivity contribution in [2.45, 2.75) is 125 Å². The number of carboxylic acid groups (broad SMARTS) is 1. The van der Waals surface area contributed by atoms with E-state index in [2.05, 4.69) is 48.5 Å². The topological polar surface area (TPSA) is 77.8 Å². The summed E-state index contributed by atoms with van der Waals surface area (Å²) in [6.45, 7) is 16.6. The van der Waals surface area contributed by atoms with Gasteiger partial charge in [-0.1, -0.05) is 48.5 Å². The Morgan fingerprint density at radius 1 is 0.676 bits per heavy atom. The third-order valence-electron chi connectivity index (χ3n) is 13.7. The van der Waals surface area contributed by atoms with Crippen molar-refractivity contribution < 1.29 is 20.1 Å². The number of aliphatic hydroxyl groups excluding tert-OH is 2. The summed E-state index contributed by atoms with van der Waals surface area (Å²) < 4.78 is 0. The predicted octanol–water partition coefficient (Wildman–Crippen LogP) is 6.28. The molecule has 0 spiro atoms. The van der Waals surface area contributed by atoms with Gasteiger partial charge in [-0.2, -0.15) is 0 Å². The smallest absolute Gasteiger partial charge is 0.312 e. The molecule has 4 heteroatoms. The van der Waals surface area contributed by atoms with Gasteiger partial charge in [0.25, 0.3) is 0 Å². The molecule has 3 N–H and O–H groups in total. The molecule has 10 atom stereocenters. The lowest BCUT2D eigenvalue weighted by atomic mass is 9.31. The minimum absolute atomic E-state index is 0.0513. The number of hydrogen-bond donors (Lipinski definition) is 3. The van der Waals surface area contributed by atoms with E-state index in [1.165, 1.54) is 6.42 Å². The lowest BCUT2D eigenvalue weighted by molar-refractivity contribution is -0.273. The summed E-state index contributed by atoms with van der Waals surface area (Å²) in [5, 5.41) is 33.1. The fourth-order valence-corrected chi connectivity index (χ4v) is 11.5. The first kappa shape index (κ1) is 25.1. The Labute approximate surface area is 207 Å². The zero-order valence-corrected chi connectivity index (χ0v) is 22.8. The van der Waals surface area contributed by atoms with Crippen molar-refractivity contribution >= 4 is 5.97 Å². The van der Waals surface area contributed by atoms with Crippen LogP contribution in [-0.2, 0) is 4.79 Å². The molecule has 5 fully saturated rings. The van der Waals surface area contributed by atoms with Crippen LogP contribution in [0.25, 0.3) is 0 Å². The second-order valence-corrected chi connectivity index (χ2v) is 15.6. The van der Waals surface area contributed by atoms with Crippen LogP contribution in [-0.4, -0.2) is 33.5 Å². The third-order valence-corrected chi connectivity index (χ3v) is 13.7. The summed E-state index contributed by atoms with van der Waals surface area (Å²) in [4.78, 5) is 12.8. The number of carbonyl (C=O) groups is 1. The van der Waals surface area contributed by atoms with Crippen LogP contribution in [0.5, 0.6) is 0 Å². The van der Waals surface area contributed by atoms with E-state index in [0.29, 0.717) is 30.6 Å². The second-order valence-electron chi connectivity index (χ2n) is 15.6. The highest BCUT2D eigenvalue weighted by atomic mass is 16.4. The summed E-state index contributed by atoms with van der Waals surface area (Å²) >= 11 is 0. The molecule has 0 aromatic carbocycles. The van der Waals surface area contributed by atoms with E-state index in [1.54, 1.807) is 0 Å². The molecule has 1 unspecified atom stereocenters. The average Bonchev–Trinajstić information content (AvgIpc) is 2.71. The van der Waals surface area contributed by atoms with E-state index in [4.69, 9.17) is 0 Å². The molecular weight excluding hydrogens is 424 g/mol. The van der Waals surface area contributed by atoms with Crippen LogP contribution in [0.4, 0.5) is 0 Å². The summed E-state index contributed by atoms with van der Waals surface area (Å²) in [5.41, 5.74) is -0.674. The molecule has 0 heterocycles. The molecule has 0 aliphatic heterocycles. The number of carboxylic acids is 1. The van der Waals surface area contributed by atoms with Gasteiger partial charge in [-0.25, -0.2) is 0 Å². The highest BCUT2D eigenvalue weighted by Crippen LogP contribution is 2.77. The standard InChI is InChI=1S/C30H50O4/c1-25(2)14-15-30(24(33)34)19(16-25)18-8-9-21-27(5)12-11-22(31)26(3,4)20(27)10-13-28(21,6)29(18,7)17-23(30)32/h18-23,31-32H,8-17H2,1-7H3,(H,33,34)/t18?,19-,20-,21+,22-,23+,27-,28+,29+,30+/m0/s1. The lowest BCUT2D eigenvalue weighted by Gasteiger charge is -2.74. The summed E-state index contributed by atoms with van der Waals surface area (Å²) in [7, 11) is 0. The van der Waals surface area contributed by atoms with Gasteiger partial charge in [0.2, 0.25) is 0 Å². The Morgan fingerprint density at radius 2 is 1.35 bits per heavy atom. The molecule has 0 amide bonds. The predicted molar refractivity (Wildman–Crippen MR) is 134 cm³/mol. The van der Waals surface area contributed by atoms with Crippen molar-refractivity contribution in [3.8, 4) is 0 Å². The highest BCUT2D eigenvalue weighted by molar-refractivity contribution is 5.76. The number of aliphatic carboxylic acids is 1. The number of hydrogen-bond acceptors (Lipinski definition) is 3. The minimum atomic E-state index is -0.971. The van der Waals surface area contributed by atoms with Crippen LogP contribution in [0.2, 0.25) is 0 Å².